The van der Waals surface area contributed by atoms with E-state index < -0.39 is 21.1 Å². The summed E-state index contributed by atoms with van der Waals surface area (Å²) in [5.74, 6) is -0.549. The normalized spacial score (nSPS) is 35.4. The van der Waals surface area contributed by atoms with Gasteiger partial charge in [-0.1, -0.05) is 30.4 Å². The van der Waals surface area contributed by atoms with Gasteiger partial charge in [-0.3, -0.25) is 0 Å². The zero-order chi connectivity index (χ0) is 17.5. The molecule has 5 rings (SSSR count). The average molecular weight is 363 g/mol. The molecular formula is C19H25NO4S. The molecule has 1 unspecified atom stereocenters. The molecule has 1 heterocycles. The van der Waals surface area contributed by atoms with E-state index in [1.807, 2.05) is 30.3 Å². The van der Waals surface area contributed by atoms with E-state index in [0.717, 1.165) is 12.8 Å². The van der Waals surface area contributed by atoms with Crippen molar-refractivity contribution in [1.82, 2.24) is 0 Å². The van der Waals surface area contributed by atoms with Crippen molar-refractivity contribution in [2.75, 3.05) is 26.0 Å². The van der Waals surface area contributed by atoms with Crippen molar-refractivity contribution in [1.29, 1.82) is 0 Å². The molecule has 2 bridgehead atoms. The second-order valence-electron chi connectivity index (χ2n) is 7.23. The lowest BCUT2D eigenvalue weighted by Crippen LogP contribution is -2.48. The summed E-state index contributed by atoms with van der Waals surface area (Å²) < 4.78 is 29.6. The minimum atomic E-state index is -2.68. The fraction of sp³-hybridized carbons (Fsp3) is 0.579. The number of ether oxygens (including phenoxy) is 2. The Labute approximate surface area is 149 Å². The predicted molar refractivity (Wildman–Crippen MR) is 95.6 cm³/mol. The van der Waals surface area contributed by atoms with Crippen LogP contribution < -0.4 is 0 Å². The monoisotopic (exact) mass is 363 g/mol. The van der Waals surface area contributed by atoms with E-state index in [0.29, 0.717) is 24.5 Å². The van der Waals surface area contributed by atoms with Gasteiger partial charge in [0, 0.05) is 30.2 Å². The standard InChI is InChI=1S/C19H25NO4S/c1-20-25(22,17-5-3-2-4-6-17)14-18(21)13-16-8-7-15(18)9-10-19(16)23-11-12-24-19/h2-8,15-16,21H,9-14H2,1H3/t15-,16-,18+,25?/m1/s1. The third-order valence-electron chi connectivity index (χ3n) is 5.84. The summed E-state index contributed by atoms with van der Waals surface area (Å²) >= 11 is 0. The van der Waals surface area contributed by atoms with E-state index in [-0.39, 0.29) is 17.6 Å². The first-order chi connectivity index (χ1) is 12.0. The maximum atomic E-state index is 13.5. The number of rotatable bonds is 3. The van der Waals surface area contributed by atoms with Crippen molar-refractivity contribution in [2.45, 2.75) is 35.5 Å². The molecule has 1 aliphatic heterocycles. The summed E-state index contributed by atoms with van der Waals surface area (Å²) in [4.78, 5) is 0.679. The maximum absolute atomic E-state index is 13.5. The zero-order valence-corrected chi connectivity index (χ0v) is 15.3. The van der Waals surface area contributed by atoms with Gasteiger partial charge in [0.15, 0.2) is 5.79 Å². The van der Waals surface area contributed by atoms with Crippen LogP contribution in [0.3, 0.4) is 0 Å². The molecule has 1 saturated carbocycles. The van der Waals surface area contributed by atoms with Crippen LogP contribution in [0.4, 0.5) is 0 Å². The second-order valence-corrected chi connectivity index (χ2v) is 9.64. The van der Waals surface area contributed by atoms with Gasteiger partial charge in [-0.2, -0.15) is 0 Å². The van der Waals surface area contributed by atoms with Crippen LogP contribution in [0.2, 0.25) is 0 Å². The summed E-state index contributed by atoms with van der Waals surface area (Å²) in [7, 11) is -1.10. The number of aliphatic hydroxyl groups is 1. The van der Waals surface area contributed by atoms with Crippen molar-refractivity contribution >= 4 is 9.73 Å². The van der Waals surface area contributed by atoms with E-state index in [4.69, 9.17) is 9.47 Å². The predicted octanol–water partition coefficient (Wildman–Crippen LogP) is 2.60. The first-order valence-corrected chi connectivity index (χ1v) is 10.5. The third-order valence-corrected chi connectivity index (χ3v) is 8.33. The molecule has 0 aromatic heterocycles. The number of nitrogens with zero attached hydrogens (tertiary/aromatic N) is 1. The highest BCUT2D eigenvalue weighted by atomic mass is 32.2. The van der Waals surface area contributed by atoms with Crippen LogP contribution >= 0.6 is 0 Å². The maximum Gasteiger partial charge on any atom is 0.174 e. The molecule has 4 atom stereocenters. The third kappa shape index (κ3) is 2.85. The molecule has 1 N–H and O–H groups in total. The van der Waals surface area contributed by atoms with Gasteiger partial charge in [-0.05, 0) is 25.0 Å². The van der Waals surface area contributed by atoms with Gasteiger partial charge in [-0.15, -0.1) is 0 Å². The number of hydrogen-bond acceptors (Lipinski definition) is 5. The molecular weight excluding hydrogens is 338 g/mol. The van der Waals surface area contributed by atoms with Gasteiger partial charge in [0.25, 0.3) is 0 Å². The SMILES string of the molecule is CN=S(=O)(C[C@@]1(O)C[C@H]2C=C[C@@H]1CCC21OCCO1)c1ccccc1. The van der Waals surface area contributed by atoms with E-state index in [2.05, 4.69) is 16.5 Å². The van der Waals surface area contributed by atoms with Crippen LogP contribution in [-0.2, 0) is 19.2 Å². The molecule has 0 amide bonds. The molecule has 1 aromatic carbocycles. The highest BCUT2D eigenvalue weighted by Crippen LogP contribution is 2.50. The van der Waals surface area contributed by atoms with Gasteiger partial charge in [0.1, 0.15) is 0 Å². The van der Waals surface area contributed by atoms with E-state index in [9.17, 15) is 9.32 Å². The van der Waals surface area contributed by atoms with E-state index >= 15 is 0 Å². The van der Waals surface area contributed by atoms with Gasteiger partial charge in [0.2, 0.25) is 0 Å². The Kier molecular flexibility index (Phi) is 4.27. The molecule has 4 aliphatic rings. The van der Waals surface area contributed by atoms with Crippen LogP contribution in [0.25, 0.3) is 0 Å². The second kappa shape index (κ2) is 6.20. The topological polar surface area (TPSA) is 68.1 Å². The Morgan fingerprint density at radius 3 is 2.56 bits per heavy atom. The number of benzene rings is 1. The first kappa shape index (κ1) is 17.2. The fourth-order valence-corrected chi connectivity index (χ4v) is 6.58. The van der Waals surface area contributed by atoms with Gasteiger partial charge < -0.3 is 14.6 Å². The molecule has 2 fully saturated rings. The summed E-state index contributed by atoms with van der Waals surface area (Å²) in [6.45, 7) is 1.19. The summed E-state index contributed by atoms with van der Waals surface area (Å²) in [5, 5.41) is 11.5. The highest BCUT2D eigenvalue weighted by molar-refractivity contribution is 7.93. The zero-order valence-electron chi connectivity index (χ0n) is 14.5. The van der Waals surface area contributed by atoms with Crippen LogP contribution in [-0.4, -0.2) is 46.7 Å². The van der Waals surface area contributed by atoms with E-state index in [1.54, 1.807) is 7.05 Å². The van der Waals surface area contributed by atoms with Crippen molar-refractivity contribution in [3.05, 3.63) is 42.5 Å². The smallest absolute Gasteiger partial charge is 0.174 e. The molecule has 1 aromatic rings. The lowest BCUT2D eigenvalue weighted by molar-refractivity contribution is -0.191. The van der Waals surface area contributed by atoms with Crippen LogP contribution in [0.1, 0.15) is 19.3 Å². The number of fused-ring (bicyclic) bond motifs is 2. The van der Waals surface area contributed by atoms with E-state index in [1.165, 1.54) is 0 Å². The fourth-order valence-electron chi connectivity index (χ4n) is 4.48. The first-order valence-electron chi connectivity index (χ1n) is 8.86. The molecule has 136 valence electrons. The Balaban J connectivity index is 1.67. The van der Waals surface area contributed by atoms with Crippen LogP contribution in [0.5, 0.6) is 0 Å². The summed E-state index contributed by atoms with van der Waals surface area (Å²) in [6.07, 6.45) is 6.19. The van der Waals surface area contributed by atoms with Crippen molar-refractivity contribution in [3.8, 4) is 0 Å². The summed E-state index contributed by atoms with van der Waals surface area (Å²) in [5.41, 5.74) is -1.06. The quantitative estimate of drug-likeness (QED) is 0.838. The minimum absolute atomic E-state index is 0.0185. The molecule has 1 spiro atoms. The Bertz CT molecular complexity index is 778. The molecule has 6 heteroatoms. The lowest BCUT2D eigenvalue weighted by Gasteiger charge is -2.40. The van der Waals surface area contributed by atoms with Crippen molar-refractivity contribution < 1.29 is 18.8 Å². The average Bonchev–Trinajstić information content (AvgIpc) is 3.00. The van der Waals surface area contributed by atoms with Crippen molar-refractivity contribution in [2.24, 2.45) is 16.2 Å². The Hall–Kier alpha value is -1.21. The Morgan fingerprint density at radius 1 is 1.20 bits per heavy atom. The molecule has 25 heavy (non-hydrogen) atoms. The van der Waals surface area contributed by atoms with Gasteiger partial charge in [0.05, 0.1) is 34.3 Å². The van der Waals surface area contributed by atoms with Crippen molar-refractivity contribution in [3.63, 3.8) is 0 Å². The molecule has 1 saturated heterocycles. The molecule has 0 radical (unpaired) electrons. The van der Waals surface area contributed by atoms with Gasteiger partial charge >= 0.3 is 0 Å². The van der Waals surface area contributed by atoms with Crippen LogP contribution in [0, 0.1) is 11.8 Å². The van der Waals surface area contributed by atoms with Gasteiger partial charge in [-0.25, -0.2) is 8.57 Å². The van der Waals surface area contributed by atoms with Crippen LogP contribution in [0.15, 0.2) is 51.7 Å². The highest BCUT2D eigenvalue weighted by Gasteiger charge is 2.54. The Morgan fingerprint density at radius 2 is 1.88 bits per heavy atom. The number of hydrogen-bond donors (Lipinski definition) is 1. The summed E-state index contributed by atoms with van der Waals surface area (Å²) in [6, 6.07) is 9.27. The minimum Gasteiger partial charge on any atom is -0.388 e. The molecule has 3 aliphatic carbocycles. The largest absolute Gasteiger partial charge is 0.388 e. The molecule has 5 nitrogen and oxygen atoms in total. The lowest BCUT2D eigenvalue weighted by atomic mass is 9.77.